The summed E-state index contributed by atoms with van der Waals surface area (Å²) in [6, 6.07) is 12.4. The molecule has 1 nitrogen and oxygen atoms in total. The molecule has 0 saturated carbocycles. The monoisotopic (exact) mass is 287 g/mol. The van der Waals surface area contributed by atoms with Crippen molar-refractivity contribution >= 4 is 0 Å². The predicted molar refractivity (Wildman–Crippen MR) is 80.4 cm³/mol. The molecule has 0 aromatic heterocycles. The SMILES string of the molecule is CNC(Cc1cc(F)cc(F)c1)C1CCc2ccccc21. The smallest absolute Gasteiger partial charge is 0.126 e. The first kappa shape index (κ1) is 14.2. The van der Waals surface area contributed by atoms with Crippen LogP contribution in [0.2, 0.25) is 0 Å². The van der Waals surface area contributed by atoms with Crippen LogP contribution in [0.4, 0.5) is 8.78 Å². The zero-order chi connectivity index (χ0) is 14.8. The molecule has 0 bridgehead atoms. The first-order valence-electron chi connectivity index (χ1n) is 7.37. The highest BCUT2D eigenvalue weighted by Gasteiger charge is 2.28. The zero-order valence-electron chi connectivity index (χ0n) is 12.1. The van der Waals surface area contributed by atoms with Crippen molar-refractivity contribution in [2.45, 2.75) is 31.2 Å². The van der Waals surface area contributed by atoms with E-state index >= 15 is 0 Å². The van der Waals surface area contributed by atoms with Crippen LogP contribution in [-0.4, -0.2) is 13.1 Å². The van der Waals surface area contributed by atoms with Crippen LogP contribution in [0.5, 0.6) is 0 Å². The van der Waals surface area contributed by atoms with Crippen molar-refractivity contribution in [3.63, 3.8) is 0 Å². The lowest BCUT2D eigenvalue weighted by molar-refractivity contribution is 0.454. The molecule has 0 saturated heterocycles. The number of likely N-dealkylation sites (N-methyl/N-ethyl adjacent to an activating group) is 1. The summed E-state index contributed by atoms with van der Waals surface area (Å²) < 4.78 is 26.7. The Balaban J connectivity index is 1.83. The Morgan fingerprint density at radius 2 is 1.86 bits per heavy atom. The average Bonchev–Trinajstić information content (AvgIpc) is 2.87. The van der Waals surface area contributed by atoms with Crippen LogP contribution >= 0.6 is 0 Å². The highest BCUT2D eigenvalue weighted by Crippen LogP contribution is 2.36. The van der Waals surface area contributed by atoms with Crippen LogP contribution in [0.3, 0.4) is 0 Å². The van der Waals surface area contributed by atoms with Gasteiger partial charge in [-0.15, -0.1) is 0 Å². The van der Waals surface area contributed by atoms with Crippen LogP contribution in [0.1, 0.15) is 29.0 Å². The van der Waals surface area contributed by atoms with E-state index in [4.69, 9.17) is 0 Å². The molecule has 110 valence electrons. The van der Waals surface area contributed by atoms with E-state index < -0.39 is 11.6 Å². The van der Waals surface area contributed by atoms with E-state index in [-0.39, 0.29) is 6.04 Å². The molecule has 0 heterocycles. The third-order valence-corrected chi connectivity index (χ3v) is 4.41. The number of benzene rings is 2. The third-order valence-electron chi connectivity index (χ3n) is 4.41. The summed E-state index contributed by atoms with van der Waals surface area (Å²) >= 11 is 0. The predicted octanol–water partition coefficient (Wildman–Crippen LogP) is 3.83. The summed E-state index contributed by atoms with van der Waals surface area (Å²) in [5.41, 5.74) is 3.47. The van der Waals surface area contributed by atoms with Crippen LogP contribution in [0, 0.1) is 11.6 Å². The molecular weight excluding hydrogens is 268 g/mol. The topological polar surface area (TPSA) is 12.0 Å². The van der Waals surface area contributed by atoms with Gasteiger partial charge in [-0.1, -0.05) is 24.3 Å². The number of hydrogen-bond acceptors (Lipinski definition) is 1. The minimum atomic E-state index is -0.508. The number of aryl methyl sites for hydroxylation is 1. The summed E-state index contributed by atoms with van der Waals surface area (Å²) in [6.45, 7) is 0. The highest BCUT2D eigenvalue weighted by atomic mass is 19.1. The molecule has 1 aliphatic carbocycles. The van der Waals surface area contributed by atoms with Gasteiger partial charge in [-0.05, 0) is 55.1 Å². The van der Waals surface area contributed by atoms with Crippen LogP contribution in [-0.2, 0) is 12.8 Å². The van der Waals surface area contributed by atoms with E-state index in [1.54, 1.807) is 0 Å². The fraction of sp³-hybridized carbons (Fsp3) is 0.333. The molecule has 2 unspecified atom stereocenters. The fourth-order valence-electron chi connectivity index (χ4n) is 3.44. The molecule has 2 aromatic carbocycles. The fourth-order valence-corrected chi connectivity index (χ4v) is 3.44. The van der Waals surface area contributed by atoms with Crippen molar-refractivity contribution in [1.82, 2.24) is 5.32 Å². The third kappa shape index (κ3) is 2.98. The number of rotatable bonds is 4. The van der Waals surface area contributed by atoms with Gasteiger partial charge in [-0.25, -0.2) is 8.78 Å². The van der Waals surface area contributed by atoms with E-state index in [0.29, 0.717) is 17.9 Å². The Bertz CT molecular complexity index is 619. The maximum Gasteiger partial charge on any atom is 0.126 e. The number of nitrogens with one attached hydrogen (secondary N) is 1. The molecule has 0 radical (unpaired) electrons. The van der Waals surface area contributed by atoms with E-state index in [9.17, 15) is 8.78 Å². The second-order valence-electron chi connectivity index (χ2n) is 5.72. The van der Waals surface area contributed by atoms with Gasteiger partial charge in [0.05, 0.1) is 0 Å². The first-order chi connectivity index (χ1) is 10.2. The summed E-state index contributed by atoms with van der Waals surface area (Å²) in [6.07, 6.45) is 2.80. The van der Waals surface area contributed by atoms with Gasteiger partial charge in [0.2, 0.25) is 0 Å². The molecule has 3 rings (SSSR count). The van der Waals surface area contributed by atoms with Gasteiger partial charge in [-0.2, -0.15) is 0 Å². The van der Waals surface area contributed by atoms with Gasteiger partial charge in [0.1, 0.15) is 11.6 Å². The van der Waals surface area contributed by atoms with Gasteiger partial charge in [0, 0.05) is 18.0 Å². The molecule has 1 aliphatic rings. The largest absolute Gasteiger partial charge is 0.316 e. The molecule has 0 spiro atoms. The molecule has 1 N–H and O–H groups in total. The van der Waals surface area contributed by atoms with Crippen LogP contribution in [0.25, 0.3) is 0 Å². The summed E-state index contributed by atoms with van der Waals surface area (Å²) in [5.74, 6) is -0.615. The quantitative estimate of drug-likeness (QED) is 0.901. The van der Waals surface area contributed by atoms with Crippen molar-refractivity contribution in [2.75, 3.05) is 7.05 Å². The number of halogens is 2. The van der Waals surface area contributed by atoms with Crippen molar-refractivity contribution in [3.05, 3.63) is 70.8 Å². The van der Waals surface area contributed by atoms with Crippen molar-refractivity contribution in [2.24, 2.45) is 0 Å². The van der Waals surface area contributed by atoms with Gasteiger partial charge < -0.3 is 5.32 Å². The Hall–Kier alpha value is -1.74. The van der Waals surface area contributed by atoms with Gasteiger partial charge in [0.15, 0.2) is 0 Å². The summed E-state index contributed by atoms with van der Waals surface area (Å²) in [7, 11) is 1.92. The summed E-state index contributed by atoms with van der Waals surface area (Å²) in [5, 5.41) is 3.33. The van der Waals surface area contributed by atoms with Crippen LogP contribution < -0.4 is 5.32 Å². The average molecular weight is 287 g/mol. The first-order valence-corrected chi connectivity index (χ1v) is 7.37. The second-order valence-corrected chi connectivity index (χ2v) is 5.72. The highest BCUT2D eigenvalue weighted by molar-refractivity contribution is 5.36. The molecule has 0 fully saturated rings. The van der Waals surface area contributed by atoms with Crippen molar-refractivity contribution in [1.29, 1.82) is 0 Å². The Morgan fingerprint density at radius 3 is 2.57 bits per heavy atom. The Kier molecular flexibility index (Phi) is 4.02. The van der Waals surface area contributed by atoms with E-state index in [0.717, 1.165) is 18.9 Å². The summed E-state index contributed by atoms with van der Waals surface area (Å²) in [4.78, 5) is 0. The van der Waals surface area contributed by atoms with Gasteiger partial charge in [0.25, 0.3) is 0 Å². The van der Waals surface area contributed by atoms with Crippen molar-refractivity contribution < 1.29 is 8.78 Å². The minimum absolute atomic E-state index is 0.190. The number of hydrogen-bond donors (Lipinski definition) is 1. The maximum absolute atomic E-state index is 13.3. The number of fused-ring (bicyclic) bond motifs is 1. The molecule has 2 aromatic rings. The van der Waals surface area contributed by atoms with Gasteiger partial charge in [-0.3, -0.25) is 0 Å². The lowest BCUT2D eigenvalue weighted by Crippen LogP contribution is -2.33. The van der Waals surface area contributed by atoms with Crippen molar-refractivity contribution in [3.8, 4) is 0 Å². The zero-order valence-corrected chi connectivity index (χ0v) is 12.1. The molecule has 0 aliphatic heterocycles. The molecule has 21 heavy (non-hydrogen) atoms. The van der Waals surface area contributed by atoms with E-state index in [1.807, 2.05) is 7.05 Å². The maximum atomic E-state index is 13.3. The molecule has 0 amide bonds. The van der Waals surface area contributed by atoms with Crippen LogP contribution in [0.15, 0.2) is 42.5 Å². The minimum Gasteiger partial charge on any atom is -0.316 e. The molecular formula is C18H19F2N. The Morgan fingerprint density at radius 1 is 1.14 bits per heavy atom. The lowest BCUT2D eigenvalue weighted by Gasteiger charge is -2.24. The molecule has 2 atom stereocenters. The van der Waals surface area contributed by atoms with E-state index in [2.05, 4.69) is 29.6 Å². The van der Waals surface area contributed by atoms with Gasteiger partial charge >= 0.3 is 0 Å². The standard InChI is InChI=1S/C18H19F2N/c1-21-18(10-12-8-14(19)11-15(20)9-12)17-7-6-13-4-2-3-5-16(13)17/h2-5,8-9,11,17-18,21H,6-7,10H2,1H3. The van der Waals surface area contributed by atoms with E-state index in [1.165, 1.54) is 23.3 Å². The lowest BCUT2D eigenvalue weighted by atomic mass is 9.89. The molecule has 3 heteroatoms. The second kappa shape index (κ2) is 5.94. The normalized spacial score (nSPS) is 18.5. The Labute approximate surface area is 124 Å².